The van der Waals surface area contributed by atoms with Gasteiger partial charge in [-0.2, -0.15) is 0 Å². The molecule has 0 bridgehead atoms. The van der Waals surface area contributed by atoms with Gasteiger partial charge in [-0.25, -0.2) is 9.18 Å². The third kappa shape index (κ3) is 1.50. The summed E-state index contributed by atoms with van der Waals surface area (Å²) in [5.74, 6) is -15.1. The minimum atomic E-state index is -3.61. The molecule has 1 aliphatic carbocycles. The molecule has 9 heteroatoms. The quantitative estimate of drug-likeness (QED) is 0.490. The van der Waals surface area contributed by atoms with Gasteiger partial charge in [0, 0.05) is 0 Å². The van der Waals surface area contributed by atoms with Crippen LogP contribution < -0.4 is 0 Å². The van der Waals surface area contributed by atoms with Crippen LogP contribution in [0.3, 0.4) is 0 Å². The summed E-state index contributed by atoms with van der Waals surface area (Å²) < 4.78 is 13.8. The van der Waals surface area contributed by atoms with E-state index in [0.29, 0.717) is 0 Å². The molecule has 0 saturated heterocycles. The van der Waals surface area contributed by atoms with E-state index < -0.39 is 47.3 Å². The fourth-order valence-electron chi connectivity index (χ4n) is 2.01. The van der Waals surface area contributed by atoms with Crippen LogP contribution in [0.4, 0.5) is 4.39 Å². The van der Waals surface area contributed by atoms with Crippen molar-refractivity contribution in [3.8, 4) is 0 Å². The molecule has 0 aromatic heterocycles. The van der Waals surface area contributed by atoms with Crippen LogP contribution in [0.5, 0.6) is 0 Å². The van der Waals surface area contributed by atoms with Gasteiger partial charge in [-0.3, -0.25) is 14.4 Å². The summed E-state index contributed by atoms with van der Waals surface area (Å²) in [7, 11) is 0. The summed E-state index contributed by atoms with van der Waals surface area (Å²) in [6.45, 7) is 0. The lowest BCUT2D eigenvalue weighted by Gasteiger charge is -2.46. The summed E-state index contributed by atoms with van der Waals surface area (Å²) in [6, 6.07) is 0. The van der Waals surface area contributed by atoms with Crippen LogP contribution in [0.25, 0.3) is 0 Å². The summed E-state index contributed by atoms with van der Waals surface area (Å²) in [5, 5.41) is 34.3. The molecule has 0 aliphatic heterocycles. The Morgan fingerprint density at radius 2 is 1.18 bits per heavy atom. The number of carboxylic acids is 4. The van der Waals surface area contributed by atoms with E-state index in [-0.39, 0.29) is 0 Å². The van der Waals surface area contributed by atoms with Crippen LogP contribution in [0, 0.1) is 17.8 Å². The van der Waals surface area contributed by atoms with Crippen LogP contribution in [-0.4, -0.2) is 50.0 Å². The molecular formula is C8H7FO8. The number of carbonyl (C=O) groups is 4. The molecule has 1 aliphatic rings. The fourth-order valence-corrected chi connectivity index (χ4v) is 2.01. The Labute approximate surface area is 92.3 Å². The average molecular weight is 250 g/mol. The Morgan fingerprint density at radius 1 is 0.824 bits per heavy atom. The van der Waals surface area contributed by atoms with E-state index in [1.165, 1.54) is 0 Å². The molecule has 0 aromatic carbocycles. The largest absolute Gasteiger partial charge is 0.481 e. The second-order valence-electron chi connectivity index (χ2n) is 3.57. The van der Waals surface area contributed by atoms with Gasteiger partial charge in [-0.15, -0.1) is 0 Å². The fraction of sp³-hybridized carbons (Fsp3) is 0.500. The van der Waals surface area contributed by atoms with Crippen LogP contribution in [0.15, 0.2) is 0 Å². The van der Waals surface area contributed by atoms with Crippen molar-refractivity contribution in [3.63, 3.8) is 0 Å². The van der Waals surface area contributed by atoms with Gasteiger partial charge in [-0.1, -0.05) is 0 Å². The van der Waals surface area contributed by atoms with E-state index in [2.05, 4.69) is 0 Å². The maximum Gasteiger partial charge on any atom is 0.343 e. The highest BCUT2D eigenvalue weighted by atomic mass is 19.1. The van der Waals surface area contributed by atoms with Crippen molar-refractivity contribution in [1.82, 2.24) is 0 Å². The Kier molecular flexibility index (Phi) is 2.79. The first-order valence-electron chi connectivity index (χ1n) is 4.26. The van der Waals surface area contributed by atoms with Crippen LogP contribution in [-0.2, 0) is 19.2 Å². The number of halogens is 1. The van der Waals surface area contributed by atoms with Crippen molar-refractivity contribution in [1.29, 1.82) is 0 Å². The topological polar surface area (TPSA) is 149 Å². The van der Waals surface area contributed by atoms with Gasteiger partial charge in [0.2, 0.25) is 5.67 Å². The van der Waals surface area contributed by atoms with Gasteiger partial charge >= 0.3 is 23.9 Å². The van der Waals surface area contributed by atoms with E-state index in [1.54, 1.807) is 0 Å². The minimum absolute atomic E-state index is 1.86. The van der Waals surface area contributed by atoms with Crippen LogP contribution in [0.2, 0.25) is 0 Å². The Morgan fingerprint density at radius 3 is 1.35 bits per heavy atom. The monoisotopic (exact) mass is 250 g/mol. The molecule has 0 spiro atoms. The molecule has 0 amide bonds. The van der Waals surface area contributed by atoms with Crippen molar-refractivity contribution in [2.24, 2.45) is 17.8 Å². The SMILES string of the molecule is O=C(O)C1C(C(=O)O)C(F)(C(=O)O)C1C(=O)O. The molecule has 8 nitrogen and oxygen atoms in total. The van der Waals surface area contributed by atoms with Gasteiger partial charge < -0.3 is 20.4 Å². The highest BCUT2D eigenvalue weighted by Gasteiger charge is 2.76. The third-order valence-electron chi connectivity index (χ3n) is 2.77. The minimum Gasteiger partial charge on any atom is -0.481 e. The molecule has 17 heavy (non-hydrogen) atoms. The zero-order chi connectivity index (χ0) is 13.5. The van der Waals surface area contributed by atoms with Gasteiger partial charge in [0.05, 0.1) is 5.92 Å². The smallest absolute Gasteiger partial charge is 0.343 e. The zero-order valence-electron chi connectivity index (χ0n) is 8.03. The number of rotatable bonds is 4. The zero-order valence-corrected chi connectivity index (χ0v) is 8.03. The molecule has 0 aromatic rings. The van der Waals surface area contributed by atoms with E-state index in [1.807, 2.05) is 0 Å². The first kappa shape index (κ1) is 12.9. The van der Waals surface area contributed by atoms with E-state index in [9.17, 15) is 23.6 Å². The van der Waals surface area contributed by atoms with Crippen LogP contribution >= 0.6 is 0 Å². The van der Waals surface area contributed by atoms with Crippen molar-refractivity contribution < 1.29 is 44.0 Å². The molecule has 1 fully saturated rings. The van der Waals surface area contributed by atoms with Crippen molar-refractivity contribution >= 4 is 23.9 Å². The van der Waals surface area contributed by atoms with Gasteiger partial charge in [0.1, 0.15) is 11.8 Å². The van der Waals surface area contributed by atoms with E-state index in [4.69, 9.17) is 20.4 Å². The molecule has 0 heterocycles. The Bertz CT molecular complexity index is 394. The highest BCUT2D eigenvalue weighted by molar-refractivity contribution is 6.00. The lowest BCUT2D eigenvalue weighted by Crippen LogP contribution is -2.70. The molecule has 2 atom stereocenters. The maximum atomic E-state index is 13.8. The predicted octanol–water partition coefficient (Wildman–Crippen LogP) is -1.10. The number of hydrogen-bond acceptors (Lipinski definition) is 4. The predicted molar refractivity (Wildman–Crippen MR) is 44.9 cm³/mol. The first-order valence-corrected chi connectivity index (χ1v) is 4.26. The number of hydrogen-bond donors (Lipinski definition) is 4. The summed E-state index contributed by atoms with van der Waals surface area (Å²) >= 11 is 0. The Hall–Kier alpha value is -2.19. The Balaban J connectivity index is 3.28. The highest BCUT2D eigenvalue weighted by Crippen LogP contribution is 2.52. The summed E-state index contributed by atoms with van der Waals surface area (Å²) in [4.78, 5) is 42.5. The molecular weight excluding hydrogens is 243 g/mol. The van der Waals surface area contributed by atoms with Crippen molar-refractivity contribution in [3.05, 3.63) is 0 Å². The van der Waals surface area contributed by atoms with Crippen molar-refractivity contribution in [2.75, 3.05) is 0 Å². The summed E-state index contributed by atoms with van der Waals surface area (Å²) in [5.41, 5.74) is -3.61. The molecule has 0 radical (unpaired) electrons. The molecule has 2 unspecified atom stereocenters. The number of aliphatic carboxylic acids is 4. The normalized spacial score (nSPS) is 35.7. The second kappa shape index (κ2) is 3.68. The van der Waals surface area contributed by atoms with E-state index >= 15 is 0 Å². The number of alkyl halides is 1. The maximum absolute atomic E-state index is 13.8. The molecule has 94 valence electrons. The lowest BCUT2D eigenvalue weighted by atomic mass is 9.54. The molecule has 1 saturated carbocycles. The second-order valence-corrected chi connectivity index (χ2v) is 3.57. The lowest BCUT2D eigenvalue weighted by molar-refractivity contribution is -0.215. The van der Waals surface area contributed by atoms with E-state index in [0.717, 1.165) is 0 Å². The number of carboxylic acid groups (broad SMARTS) is 4. The summed E-state index contributed by atoms with van der Waals surface area (Å²) in [6.07, 6.45) is 0. The third-order valence-corrected chi connectivity index (χ3v) is 2.77. The van der Waals surface area contributed by atoms with Crippen LogP contribution in [0.1, 0.15) is 0 Å². The standard InChI is InChI=1S/C8H7FO8/c9-8(7(16)17)2(5(12)13)1(4(10)11)3(8)6(14)15/h1-3H,(H,10,11)(H,12,13)(H,14,15)(H,16,17). The average Bonchev–Trinajstić information content (AvgIpc) is 2.10. The molecule has 1 rings (SSSR count). The molecule has 4 N–H and O–H groups in total. The van der Waals surface area contributed by atoms with Gasteiger partial charge in [0.15, 0.2) is 0 Å². The van der Waals surface area contributed by atoms with Gasteiger partial charge in [-0.05, 0) is 0 Å². The van der Waals surface area contributed by atoms with Crippen molar-refractivity contribution in [2.45, 2.75) is 5.67 Å². The first-order chi connectivity index (χ1) is 7.65. The van der Waals surface area contributed by atoms with Gasteiger partial charge in [0.25, 0.3) is 0 Å².